The molecule has 0 bridgehead atoms. The molecule has 1 atom stereocenters. The minimum absolute atomic E-state index is 0.233. The van der Waals surface area contributed by atoms with Crippen molar-refractivity contribution < 1.29 is 13.9 Å². The van der Waals surface area contributed by atoms with Crippen LogP contribution in [0.2, 0.25) is 0 Å². The van der Waals surface area contributed by atoms with Crippen LogP contribution in [-0.4, -0.2) is 35.8 Å². The van der Waals surface area contributed by atoms with Crippen LogP contribution in [0.15, 0.2) is 90.3 Å². The van der Waals surface area contributed by atoms with Gasteiger partial charge in [0.05, 0.1) is 16.7 Å². The van der Waals surface area contributed by atoms with Crippen molar-refractivity contribution in [1.29, 1.82) is 0 Å². The van der Waals surface area contributed by atoms with E-state index in [1.807, 2.05) is 52.7 Å². The highest BCUT2D eigenvalue weighted by Crippen LogP contribution is 2.29. The quantitative estimate of drug-likeness (QED) is 0.295. The van der Waals surface area contributed by atoms with E-state index in [0.29, 0.717) is 11.4 Å². The summed E-state index contributed by atoms with van der Waals surface area (Å²) in [5, 5.41) is 3.27. The van der Waals surface area contributed by atoms with Gasteiger partial charge in [-0.15, -0.1) is 0 Å². The zero-order chi connectivity index (χ0) is 25.1. The number of hydrogen-bond donors (Lipinski definition) is 1. The normalized spacial score (nSPS) is 12.9. The van der Waals surface area contributed by atoms with Crippen molar-refractivity contribution in [1.82, 2.24) is 24.1 Å². The molecule has 0 fully saturated rings. The van der Waals surface area contributed by atoms with Crippen LogP contribution in [0.4, 0.5) is 10.2 Å². The summed E-state index contributed by atoms with van der Waals surface area (Å²) in [7, 11) is 1.93. The minimum atomic E-state index is -2.57. The summed E-state index contributed by atoms with van der Waals surface area (Å²) in [6.45, 7) is 1.07. The molecule has 36 heavy (non-hydrogen) atoms. The molecule has 0 saturated heterocycles. The van der Waals surface area contributed by atoms with Gasteiger partial charge in [-0.2, -0.15) is 4.39 Å². The Morgan fingerprint density at radius 1 is 1.06 bits per heavy atom. The van der Waals surface area contributed by atoms with Gasteiger partial charge in [0.25, 0.3) is 0 Å². The first-order valence-corrected chi connectivity index (χ1v) is 12.2. The van der Waals surface area contributed by atoms with Crippen LogP contribution in [0, 0.1) is 0 Å². The second kappa shape index (κ2) is 9.82. The molecular weight excluding hydrogens is 479 g/mol. The van der Waals surface area contributed by atoms with Gasteiger partial charge < -0.3 is 14.6 Å². The van der Waals surface area contributed by atoms with Crippen molar-refractivity contribution >= 4 is 34.5 Å². The molecule has 0 aliphatic rings. The minimum Gasteiger partial charge on any atom is -0.450 e. The third kappa shape index (κ3) is 4.94. The molecule has 8 nitrogen and oxygen atoms in total. The van der Waals surface area contributed by atoms with Gasteiger partial charge >= 0.3 is 11.8 Å². The number of ether oxygens (including phenoxy) is 1. The number of alkyl halides is 1. The third-order valence-electron chi connectivity index (χ3n) is 5.38. The molecule has 0 radical (unpaired) electrons. The number of anilines is 1. The number of thioether (sulfide) groups is 1. The van der Waals surface area contributed by atoms with Gasteiger partial charge in [0.15, 0.2) is 5.16 Å². The summed E-state index contributed by atoms with van der Waals surface area (Å²) in [6.07, 6.45) is 3.62. The first kappa shape index (κ1) is 23.6. The van der Waals surface area contributed by atoms with E-state index in [2.05, 4.69) is 15.3 Å². The van der Waals surface area contributed by atoms with Crippen LogP contribution in [0.5, 0.6) is 5.75 Å². The molecule has 5 aromatic rings. The van der Waals surface area contributed by atoms with Gasteiger partial charge in [-0.05, 0) is 36.4 Å². The molecule has 1 unspecified atom stereocenters. The van der Waals surface area contributed by atoms with Crippen molar-refractivity contribution in [2.24, 2.45) is 7.05 Å². The van der Waals surface area contributed by atoms with Crippen molar-refractivity contribution in [3.8, 4) is 11.7 Å². The highest BCUT2D eigenvalue weighted by atomic mass is 32.2. The number of halogens is 1. The maximum Gasteiger partial charge on any atom is 0.324 e. The lowest BCUT2D eigenvalue weighted by Gasteiger charge is -2.21. The summed E-state index contributed by atoms with van der Waals surface area (Å²) in [5.74, 6) is -1.80. The number of carbonyl (C=O) groups excluding carboxylic acids is 1. The van der Waals surface area contributed by atoms with Gasteiger partial charge in [0.2, 0.25) is 5.95 Å². The standard InChI is InChI=1S/C26H23FN6O2S/c1-26(27,35-19-10-4-3-5-11-19)23(34)31-22-14-8-9-18(29-22)17-36-25-30-20-12-6-7-13-21(20)33(25)24-28-15-16-32(24)2/h3-16H,17H2,1-2H3,(H,29,31,34). The number of para-hydroxylation sites is 3. The van der Waals surface area contributed by atoms with E-state index in [1.165, 1.54) is 11.8 Å². The molecule has 5 rings (SSSR count). The van der Waals surface area contributed by atoms with Gasteiger partial charge in [-0.1, -0.05) is 48.2 Å². The Morgan fingerprint density at radius 3 is 2.61 bits per heavy atom. The van der Waals surface area contributed by atoms with Crippen LogP contribution >= 0.6 is 11.8 Å². The van der Waals surface area contributed by atoms with E-state index in [4.69, 9.17) is 9.72 Å². The fourth-order valence-corrected chi connectivity index (χ4v) is 4.53. The summed E-state index contributed by atoms with van der Waals surface area (Å²) in [6, 6.07) is 21.4. The first-order chi connectivity index (χ1) is 17.4. The number of nitrogens with zero attached hydrogens (tertiary/aromatic N) is 5. The van der Waals surface area contributed by atoms with E-state index >= 15 is 0 Å². The van der Waals surface area contributed by atoms with Crippen molar-refractivity contribution in [3.63, 3.8) is 0 Å². The molecule has 1 N–H and O–H groups in total. The van der Waals surface area contributed by atoms with Gasteiger partial charge in [-0.3, -0.25) is 9.36 Å². The molecular formula is C26H23FN6O2S. The lowest BCUT2D eigenvalue weighted by molar-refractivity contribution is -0.144. The second-order valence-electron chi connectivity index (χ2n) is 8.15. The van der Waals surface area contributed by atoms with Crippen molar-refractivity contribution in [3.05, 3.63) is 90.9 Å². The highest BCUT2D eigenvalue weighted by Gasteiger charge is 2.36. The van der Waals surface area contributed by atoms with Crippen LogP contribution in [-0.2, 0) is 17.6 Å². The Kier molecular flexibility index (Phi) is 6.43. The first-order valence-electron chi connectivity index (χ1n) is 11.2. The molecule has 0 spiro atoms. The number of aromatic nitrogens is 5. The zero-order valence-electron chi connectivity index (χ0n) is 19.6. The zero-order valence-corrected chi connectivity index (χ0v) is 20.4. The van der Waals surface area contributed by atoms with E-state index < -0.39 is 11.8 Å². The Balaban J connectivity index is 1.32. The summed E-state index contributed by atoms with van der Waals surface area (Å²) in [5.41, 5.74) is 2.50. The third-order valence-corrected chi connectivity index (χ3v) is 6.35. The Morgan fingerprint density at radius 2 is 1.83 bits per heavy atom. The number of nitrogens with one attached hydrogen (secondary N) is 1. The number of hydrogen-bond acceptors (Lipinski definition) is 6. The van der Waals surface area contributed by atoms with E-state index in [0.717, 1.165) is 29.1 Å². The number of imidazole rings is 2. The summed E-state index contributed by atoms with van der Waals surface area (Å²) < 4.78 is 24.1. The maximum absolute atomic E-state index is 15.0. The number of amides is 1. The SMILES string of the molecule is Cn1ccnc1-n1c(SCc2cccc(NC(=O)C(C)(F)Oc3ccccc3)n2)nc2ccccc21. The van der Waals surface area contributed by atoms with Crippen molar-refractivity contribution in [2.75, 3.05) is 5.32 Å². The van der Waals surface area contributed by atoms with Gasteiger partial charge in [-0.25, -0.2) is 15.0 Å². The average molecular weight is 503 g/mol. The number of fused-ring (bicyclic) bond motifs is 1. The number of pyridine rings is 1. The smallest absolute Gasteiger partial charge is 0.324 e. The second-order valence-corrected chi connectivity index (χ2v) is 9.09. The number of benzene rings is 2. The molecule has 10 heteroatoms. The van der Waals surface area contributed by atoms with E-state index in [-0.39, 0.29) is 11.6 Å². The van der Waals surface area contributed by atoms with E-state index in [9.17, 15) is 9.18 Å². The Hall–Kier alpha value is -4.18. The molecule has 3 heterocycles. The Labute approximate surface area is 211 Å². The number of carbonyl (C=O) groups is 1. The maximum atomic E-state index is 15.0. The van der Waals surface area contributed by atoms with Crippen LogP contribution < -0.4 is 10.1 Å². The molecule has 0 aliphatic heterocycles. The largest absolute Gasteiger partial charge is 0.450 e. The highest BCUT2D eigenvalue weighted by molar-refractivity contribution is 7.98. The van der Waals surface area contributed by atoms with Gasteiger partial charge in [0, 0.05) is 32.1 Å². The van der Waals surface area contributed by atoms with Crippen LogP contribution in [0.3, 0.4) is 0 Å². The monoisotopic (exact) mass is 502 g/mol. The lowest BCUT2D eigenvalue weighted by atomic mass is 10.3. The lowest BCUT2D eigenvalue weighted by Crippen LogP contribution is -2.41. The fraction of sp³-hybridized carbons (Fsp3) is 0.154. The molecule has 182 valence electrons. The molecule has 3 aromatic heterocycles. The molecule has 2 aromatic carbocycles. The van der Waals surface area contributed by atoms with Gasteiger partial charge in [0.1, 0.15) is 11.6 Å². The molecule has 1 amide bonds. The topological polar surface area (TPSA) is 86.9 Å². The van der Waals surface area contributed by atoms with E-state index in [1.54, 1.807) is 48.7 Å². The molecule has 0 saturated carbocycles. The predicted molar refractivity (Wildman–Crippen MR) is 137 cm³/mol. The predicted octanol–water partition coefficient (Wildman–Crippen LogP) is 5.15. The van der Waals surface area contributed by atoms with Crippen LogP contribution in [0.1, 0.15) is 12.6 Å². The number of rotatable bonds is 8. The average Bonchev–Trinajstić information content (AvgIpc) is 3.45. The molecule has 0 aliphatic carbocycles. The Bertz CT molecular complexity index is 1520. The summed E-state index contributed by atoms with van der Waals surface area (Å²) in [4.78, 5) is 26.3. The fourth-order valence-electron chi connectivity index (χ4n) is 3.62. The number of aryl methyl sites for hydroxylation is 1. The van der Waals surface area contributed by atoms with Crippen molar-refractivity contribution in [2.45, 2.75) is 23.7 Å². The summed E-state index contributed by atoms with van der Waals surface area (Å²) >= 11 is 1.49. The van der Waals surface area contributed by atoms with Crippen LogP contribution in [0.25, 0.3) is 17.0 Å².